The fourth-order valence-corrected chi connectivity index (χ4v) is 2.67. The first kappa shape index (κ1) is 14.4. The summed E-state index contributed by atoms with van der Waals surface area (Å²) < 4.78 is 10.3. The van der Waals surface area contributed by atoms with Crippen LogP contribution in [0, 0.1) is 11.8 Å². The molecule has 1 aliphatic rings. The van der Waals surface area contributed by atoms with Gasteiger partial charge >= 0.3 is 5.97 Å². The van der Waals surface area contributed by atoms with Crippen LogP contribution in [0.3, 0.4) is 0 Å². The molecule has 1 aromatic rings. The molecule has 0 aromatic heterocycles. The zero-order valence-corrected chi connectivity index (χ0v) is 11.6. The van der Waals surface area contributed by atoms with Crippen LogP contribution in [0.5, 0.6) is 11.5 Å². The number of carboxylic acid groups (broad SMARTS) is 1. The molecule has 108 valence electrons. The molecular formula is C15H18O5. The Morgan fingerprint density at radius 2 is 1.85 bits per heavy atom. The van der Waals surface area contributed by atoms with Crippen LogP contribution in [0.15, 0.2) is 18.2 Å². The van der Waals surface area contributed by atoms with Crippen LogP contribution in [0.25, 0.3) is 0 Å². The van der Waals surface area contributed by atoms with Gasteiger partial charge in [0, 0.05) is 5.92 Å². The summed E-state index contributed by atoms with van der Waals surface area (Å²) in [6.07, 6.45) is 1.56. The average molecular weight is 278 g/mol. The highest BCUT2D eigenvalue weighted by Crippen LogP contribution is 2.36. The molecule has 1 aromatic carbocycles. The normalized spacial score (nSPS) is 21.5. The molecule has 1 saturated carbocycles. The van der Waals surface area contributed by atoms with Gasteiger partial charge in [0.1, 0.15) is 11.5 Å². The van der Waals surface area contributed by atoms with E-state index in [4.69, 9.17) is 14.6 Å². The number of ether oxygens (including phenoxy) is 2. The number of carbonyl (C=O) groups is 2. The maximum Gasteiger partial charge on any atom is 0.306 e. The third-order valence-electron chi connectivity index (χ3n) is 3.82. The van der Waals surface area contributed by atoms with E-state index in [9.17, 15) is 9.59 Å². The third-order valence-corrected chi connectivity index (χ3v) is 3.82. The third kappa shape index (κ3) is 2.76. The van der Waals surface area contributed by atoms with Crippen molar-refractivity contribution < 1.29 is 24.2 Å². The smallest absolute Gasteiger partial charge is 0.306 e. The second-order valence-corrected chi connectivity index (χ2v) is 4.98. The van der Waals surface area contributed by atoms with E-state index in [2.05, 4.69) is 0 Å². The van der Waals surface area contributed by atoms with Gasteiger partial charge in [-0.2, -0.15) is 0 Å². The van der Waals surface area contributed by atoms with Gasteiger partial charge < -0.3 is 14.6 Å². The van der Waals surface area contributed by atoms with Gasteiger partial charge in [-0.15, -0.1) is 0 Å². The van der Waals surface area contributed by atoms with Gasteiger partial charge in [0.2, 0.25) is 0 Å². The first-order chi connectivity index (χ1) is 9.56. The van der Waals surface area contributed by atoms with Crippen molar-refractivity contribution in [1.82, 2.24) is 0 Å². The Hall–Kier alpha value is -2.04. The molecule has 2 unspecified atom stereocenters. The summed E-state index contributed by atoms with van der Waals surface area (Å²) >= 11 is 0. The molecule has 0 heterocycles. The van der Waals surface area contributed by atoms with Gasteiger partial charge in [0.05, 0.1) is 25.7 Å². The predicted molar refractivity (Wildman–Crippen MR) is 72.3 cm³/mol. The molecule has 1 fully saturated rings. The number of benzene rings is 1. The van der Waals surface area contributed by atoms with Gasteiger partial charge in [0.15, 0.2) is 5.78 Å². The van der Waals surface area contributed by atoms with E-state index in [1.165, 1.54) is 14.2 Å². The number of carbonyl (C=O) groups excluding carboxylic acids is 1. The summed E-state index contributed by atoms with van der Waals surface area (Å²) in [5, 5.41) is 9.01. The Morgan fingerprint density at radius 1 is 1.15 bits per heavy atom. The Bertz CT molecular complexity index is 523. The highest BCUT2D eigenvalue weighted by atomic mass is 16.5. The lowest BCUT2D eigenvalue weighted by molar-refractivity contribution is -0.141. The molecule has 20 heavy (non-hydrogen) atoms. The number of hydrogen-bond acceptors (Lipinski definition) is 4. The fraction of sp³-hybridized carbons (Fsp3) is 0.467. The van der Waals surface area contributed by atoms with Crippen molar-refractivity contribution >= 4 is 11.8 Å². The SMILES string of the molecule is COc1ccc(OC)c(C(=O)C2CCC(C(=O)O)C2)c1. The Labute approximate surface area is 117 Å². The molecule has 2 atom stereocenters. The number of Topliss-reactive ketones (excluding diaryl/α,β-unsaturated/α-hetero) is 1. The molecule has 1 aliphatic carbocycles. The van der Waals surface area contributed by atoms with Crippen molar-refractivity contribution in [3.8, 4) is 11.5 Å². The van der Waals surface area contributed by atoms with E-state index < -0.39 is 11.9 Å². The van der Waals surface area contributed by atoms with Gasteiger partial charge in [-0.3, -0.25) is 9.59 Å². The Balaban J connectivity index is 2.23. The second kappa shape index (κ2) is 5.94. The lowest BCUT2D eigenvalue weighted by Gasteiger charge is -2.13. The van der Waals surface area contributed by atoms with Gasteiger partial charge in [-0.1, -0.05) is 0 Å². The predicted octanol–water partition coefficient (Wildman–Crippen LogP) is 2.39. The molecule has 0 aliphatic heterocycles. The summed E-state index contributed by atoms with van der Waals surface area (Å²) in [5.41, 5.74) is 0.461. The Kier molecular flexibility index (Phi) is 4.27. The van der Waals surface area contributed by atoms with E-state index in [1.54, 1.807) is 18.2 Å². The standard InChI is InChI=1S/C15H18O5/c1-19-11-5-6-13(20-2)12(8-11)14(16)9-3-4-10(7-9)15(17)18/h5-6,8-10H,3-4,7H2,1-2H3,(H,17,18). The monoisotopic (exact) mass is 278 g/mol. The number of rotatable bonds is 5. The van der Waals surface area contributed by atoms with Crippen molar-refractivity contribution in [2.45, 2.75) is 19.3 Å². The molecule has 0 spiro atoms. The van der Waals surface area contributed by atoms with E-state index >= 15 is 0 Å². The summed E-state index contributed by atoms with van der Waals surface area (Å²) in [7, 11) is 3.04. The number of hydrogen-bond donors (Lipinski definition) is 1. The van der Waals surface area contributed by atoms with Crippen LogP contribution in [-0.4, -0.2) is 31.1 Å². The van der Waals surface area contributed by atoms with Crippen molar-refractivity contribution in [1.29, 1.82) is 0 Å². The lowest BCUT2D eigenvalue weighted by atomic mass is 9.94. The number of aliphatic carboxylic acids is 1. The number of ketones is 1. The van der Waals surface area contributed by atoms with Crippen LogP contribution < -0.4 is 9.47 Å². The zero-order valence-electron chi connectivity index (χ0n) is 11.6. The molecular weight excluding hydrogens is 260 g/mol. The maximum atomic E-state index is 12.5. The molecule has 1 N–H and O–H groups in total. The van der Waals surface area contributed by atoms with Crippen LogP contribution >= 0.6 is 0 Å². The van der Waals surface area contributed by atoms with Crippen molar-refractivity contribution in [2.24, 2.45) is 11.8 Å². The van der Waals surface area contributed by atoms with Gasteiger partial charge in [-0.25, -0.2) is 0 Å². The fourth-order valence-electron chi connectivity index (χ4n) is 2.67. The van der Waals surface area contributed by atoms with E-state index in [0.717, 1.165) is 0 Å². The molecule has 5 nitrogen and oxygen atoms in total. The minimum Gasteiger partial charge on any atom is -0.497 e. The minimum atomic E-state index is -0.821. The summed E-state index contributed by atoms with van der Waals surface area (Å²) in [5.74, 6) is -0.475. The van der Waals surface area contributed by atoms with Crippen LogP contribution in [0.1, 0.15) is 29.6 Å². The minimum absolute atomic E-state index is 0.0653. The van der Waals surface area contributed by atoms with E-state index in [-0.39, 0.29) is 11.7 Å². The van der Waals surface area contributed by atoms with Gasteiger partial charge in [0.25, 0.3) is 0 Å². The topological polar surface area (TPSA) is 72.8 Å². The summed E-state index contributed by atoms with van der Waals surface area (Å²) in [4.78, 5) is 23.5. The largest absolute Gasteiger partial charge is 0.497 e. The number of methoxy groups -OCH3 is 2. The van der Waals surface area contributed by atoms with Crippen LogP contribution in [0.4, 0.5) is 0 Å². The first-order valence-corrected chi connectivity index (χ1v) is 6.55. The van der Waals surface area contributed by atoms with Crippen molar-refractivity contribution in [3.63, 3.8) is 0 Å². The van der Waals surface area contributed by atoms with Gasteiger partial charge in [-0.05, 0) is 37.5 Å². The molecule has 0 radical (unpaired) electrons. The number of carboxylic acids is 1. The molecule has 2 rings (SSSR count). The first-order valence-electron chi connectivity index (χ1n) is 6.55. The van der Waals surface area contributed by atoms with Crippen LogP contribution in [-0.2, 0) is 4.79 Å². The summed E-state index contributed by atoms with van der Waals surface area (Å²) in [6.45, 7) is 0. The summed E-state index contributed by atoms with van der Waals surface area (Å²) in [6, 6.07) is 5.06. The molecule has 5 heteroatoms. The quantitative estimate of drug-likeness (QED) is 0.837. The van der Waals surface area contributed by atoms with E-state index in [0.29, 0.717) is 36.3 Å². The second-order valence-electron chi connectivity index (χ2n) is 4.98. The highest BCUT2D eigenvalue weighted by Gasteiger charge is 2.35. The van der Waals surface area contributed by atoms with Crippen molar-refractivity contribution in [2.75, 3.05) is 14.2 Å². The zero-order chi connectivity index (χ0) is 14.7. The Morgan fingerprint density at radius 3 is 2.40 bits per heavy atom. The molecule has 0 bridgehead atoms. The molecule has 0 saturated heterocycles. The van der Waals surface area contributed by atoms with Crippen LogP contribution in [0.2, 0.25) is 0 Å². The molecule has 0 amide bonds. The van der Waals surface area contributed by atoms with Crippen molar-refractivity contribution in [3.05, 3.63) is 23.8 Å². The maximum absolute atomic E-state index is 12.5. The van der Waals surface area contributed by atoms with E-state index in [1.807, 2.05) is 0 Å². The lowest BCUT2D eigenvalue weighted by Crippen LogP contribution is -2.15. The average Bonchev–Trinajstić information content (AvgIpc) is 2.95. The highest BCUT2D eigenvalue weighted by molar-refractivity contribution is 6.01.